The maximum absolute atomic E-state index is 12.4. The number of anilines is 1. The molecule has 0 spiro atoms. The van der Waals surface area contributed by atoms with Gasteiger partial charge in [-0.15, -0.1) is 0 Å². The van der Waals surface area contributed by atoms with E-state index in [-0.39, 0.29) is 21.7 Å². The number of carbonyl (C=O) groups is 2. The van der Waals surface area contributed by atoms with Gasteiger partial charge in [0, 0.05) is 22.9 Å². The van der Waals surface area contributed by atoms with Crippen LogP contribution in [0.4, 0.5) is 5.69 Å². The van der Waals surface area contributed by atoms with E-state index in [2.05, 4.69) is 21.2 Å². The standard InChI is InChI=1S/C16H14BrNO4/c1-8-9(2)16(20)14(13(17)15(8)19)18-10-3-4-11-12(7-10)22-6-5-21-11/h3-4,7,18H,5-6H2,1-2H3. The molecule has 1 N–H and O–H groups in total. The second kappa shape index (κ2) is 5.61. The molecule has 1 aromatic carbocycles. The van der Waals surface area contributed by atoms with Gasteiger partial charge in [0.25, 0.3) is 0 Å². The van der Waals surface area contributed by atoms with Crippen molar-refractivity contribution in [1.29, 1.82) is 0 Å². The zero-order valence-corrected chi connectivity index (χ0v) is 13.7. The highest BCUT2D eigenvalue weighted by Crippen LogP contribution is 2.34. The number of rotatable bonds is 2. The predicted octanol–water partition coefficient (Wildman–Crippen LogP) is 2.96. The van der Waals surface area contributed by atoms with Crippen LogP contribution >= 0.6 is 15.9 Å². The van der Waals surface area contributed by atoms with Gasteiger partial charge in [-0.1, -0.05) is 0 Å². The number of allylic oxidation sites excluding steroid dienone is 3. The van der Waals surface area contributed by atoms with Gasteiger partial charge in [-0.05, 0) is 41.9 Å². The number of halogens is 1. The molecule has 1 aliphatic carbocycles. The van der Waals surface area contributed by atoms with Gasteiger partial charge in [0.2, 0.25) is 5.78 Å². The molecule has 6 heteroatoms. The van der Waals surface area contributed by atoms with Crippen LogP contribution in [0.25, 0.3) is 0 Å². The quantitative estimate of drug-likeness (QED) is 0.818. The minimum Gasteiger partial charge on any atom is -0.486 e. The molecule has 0 radical (unpaired) electrons. The van der Waals surface area contributed by atoms with E-state index >= 15 is 0 Å². The Morgan fingerprint density at radius 2 is 1.64 bits per heavy atom. The molecule has 2 aliphatic rings. The van der Waals surface area contributed by atoms with Gasteiger partial charge in [0.05, 0.1) is 4.48 Å². The third-order valence-corrected chi connectivity index (χ3v) is 4.46. The summed E-state index contributed by atoms with van der Waals surface area (Å²) in [4.78, 5) is 24.5. The normalized spacial score (nSPS) is 18.0. The summed E-state index contributed by atoms with van der Waals surface area (Å²) < 4.78 is 11.2. The molecule has 0 bridgehead atoms. The summed E-state index contributed by atoms with van der Waals surface area (Å²) in [5, 5.41) is 3.00. The summed E-state index contributed by atoms with van der Waals surface area (Å²) in [6.45, 7) is 4.31. The summed E-state index contributed by atoms with van der Waals surface area (Å²) in [6.07, 6.45) is 0. The lowest BCUT2D eigenvalue weighted by molar-refractivity contribution is -0.115. The Hall–Kier alpha value is -2.08. The Labute approximate surface area is 136 Å². The molecular weight excluding hydrogens is 350 g/mol. The van der Waals surface area contributed by atoms with Crippen molar-refractivity contribution in [3.8, 4) is 11.5 Å². The molecule has 114 valence electrons. The Balaban J connectivity index is 1.93. The summed E-state index contributed by atoms with van der Waals surface area (Å²) >= 11 is 3.22. The van der Waals surface area contributed by atoms with Crippen molar-refractivity contribution in [2.75, 3.05) is 18.5 Å². The molecule has 0 unspecified atom stereocenters. The number of Topliss-reactive ketones (excluding diaryl/α,β-unsaturated/α-hetero) is 2. The van der Waals surface area contributed by atoms with E-state index in [1.165, 1.54) is 0 Å². The molecule has 1 heterocycles. The van der Waals surface area contributed by atoms with Crippen molar-refractivity contribution in [3.05, 3.63) is 39.5 Å². The third-order valence-electron chi connectivity index (χ3n) is 3.70. The fraction of sp³-hybridized carbons (Fsp3) is 0.250. The van der Waals surface area contributed by atoms with E-state index in [9.17, 15) is 9.59 Å². The van der Waals surface area contributed by atoms with Crippen molar-refractivity contribution in [1.82, 2.24) is 0 Å². The molecule has 0 saturated heterocycles. The smallest absolute Gasteiger partial charge is 0.206 e. The number of carbonyl (C=O) groups excluding carboxylic acids is 2. The van der Waals surface area contributed by atoms with Crippen molar-refractivity contribution in [3.63, 3.8) is 0 Å². The molecule has 0 saturated carbocycles. The molecule has 3 rings (SSSR count). The minimum atomic E-state index is -0.195. The number of fused-ring (bicyclic) bond motifs is 1. The Kier molecular flexibility index (Phi) is 3.78. The van der Waals surface area contributed by atoms with Crippen LogP contribution in [0.3, 0.4) is 0 Å². The third kappa shape index (κ3) is 2.43. The molecule has 1 aliphatic heterocycles. The van der Waals surface area contributed by atoms with E-state index in [1.807, 2.05) is 0 Å². The fourth-order valence-electron chi connectivity index (χ4n) is 2.28. The van der Waals surface area contributed by atoms with Crippen LogP contribution in [0.15, 0.2) is 39.5 Å². The minimum absolute atomic E-state index is 0.183. The van der Waals surface area contributed by atoms with Crippen LogP contribution in [-0.2, 0) is 9.59 Å². The first-order valence-electron chi connectivity index (χ1n) is 6.82. The van der Waals surface area contributed by atoms with Crippen LogP contribution in [-0.4, -0.2) is 24.8 Å². The summed E-state index contributed by atoms with van der Waals surface area (Å²) in [7, 11) is 0. The first-order chi connectivity index (χ1) is 10.5. The van der Waals surface area contributed by atoms with E-state index in [0.29, 0.717) is 41.5 Å². The number of hydrogen-bond acceptors (Lipinski definition) is 5. The Bertz CT molecular complexity index is 749. The molecule has 0 amide bonds. The van der Waals surface area contributed by atoms with Crippen LogP contribution in [0.1, 0.15) is 13.8 Å². The first-order valence-corrected chi connectivity index (χ1v) is 7.61. The lowest BCUT2D eigenvalue weighted by Crippen LogP contribution is -2.24. The Morgan fingerprint density at radius 1 is 1.00 bits per heavy atom. The number of ketones is 2. The number of ether oxygens (including phenoxy) is 2. The second-order valence-electron chi connectivity index (χ2n) is 5.08. The SMILES string of the molecule is CC1=C(C)C(=O)C(Nc2ccc3c(c2)OCCO3)=C(Br)C1=O. The average molecular weight is 364 g/mol. The molecule has 0 atom stereocenters. The average Bonchev–Trinajstić information content (AvgIpc) is 2.55. The van der Waals surface area contributed by atoms with Crippen molar-refractivity contribution in [2.45, 2.75) is 13.8 Å². The maximum atomic E-state index is 12.4. The van der Waals surface area contributed by atoms with Crippen LogP contribution in [0.5, 0.6) is 11.5 Å². The predicted molar refractivity (Wildman–Crippen MR) is 85.4 cm³/mol. The molecule has 5 nitrogen and oxygen atoms in total. The van der Waals surface area contributed by atoms with E-state index in [1.54, 1.807) is 32.0 Å². The molecular formula is C16H14BrNO4. The zero-order valence-electron chi connectivity index (χ0n) is 12.2. The van der Waals surface area contributed by atoms with Crippen molar-refractivity contribution < 1.29 is 19.1 Å². The Morgan fingerprint density at radius 3 is 2.36 bits per heavy atom. The lowest BCUT2D eigenvalue weighted by Gasteiger charge is -2.21. The largest absolute Gasteiger partial charge is 0.486 e. The molecule has 22 heavy (non-hydrogen) atoms. The summed E-state index contributed by atoms with van der Waals surface area (Å²) in [6, 6.07) is 5.30. The summed E-state index contributed by atoms with van der Waals surface area (Å²) in [5.41, 5.74) is 1.81. The summed E-state index contributed by atoms with van der Waals surface area (Å²) in [5.74, 6) is 0.907. The lowest BCUT2D eigenvalue weighted by atomic mass is 9.95. The zero-order chi connectivity index (χ0) is 15.9. The van der Waals surface area contributed by atoms with Gasteiger partial charge in [-0.3, -0.25) is 9.59 Å². The molecule has 1 aromatic rings. The second-order valence-corrected chi connectivity index (χ2v) is 5.87. The van der Waals surface area contributed by atoms with Gasteiger partial charge < -0.3 is 14.8 Å². The monoisotopic (exact) mass is 363 g/mol. The maximum Gasteiger partial charge on any atom is 0.206 e. The topological polar surface area (TPSA) is 64.6 Å². The number of benzene rings is 1. The van der Waals surface area contributed by atoms with Gasteiger partial charge in [0.15, 0.2) is 17.3 Å². The first kappa shape index (κ1) is 14.8. The van der Waals surface area contributed by atoms with Crippen LogP contribution in [0, 0.1) is 0 Å². The molecule has 0 fully saturated rings. The van der Waals surface area contributed by atoms with Crippen LogP contribution in [0.2, 0.25) is 0 Å². The van der Waals surface area contributed by atoms with E-state index in [0.717, 1.165) is 0 Å². The van der Waals surface area contributed by atoms with Crippen molar-refractivity contribution >= 4 is 33.2 Å². The van der Waals surface area contributed by atoms with Crippen LogP contribution < -0.4 is 14.8 Å². The van der Waals surface area contributed by atoms with E-state index < -0.39 is 0 Å². The van der Waals surface area contributed by atoms with Gasteiger partial charge in [0.1, 0.15) is 18.9 Å². The van der Waals surface area contributed by atoms with E-state index in [4.69, 9.17) is 9.47 Å². The number of nitrogens with one attached hydrogen (secondary N) is 1. The van der Waals surface area contributed by atoms with Gasteiger partial charge >= 0.3 is 0 Å². The van der Waals surface area contributed by atoms with Gasteiger partial charge in [-0.2, -0.15) is 0 Å². The van der Waals surface area contributed by atoms with Gasteiger partial charge in [-0.25, -0.2) is 0 Å². The van der Waals surface area contributed by atoms with Crippen molar-refractivity contribution in [2.24, 2.45) is 0 Å². The molecule has 0 aromatic heterocycles. The highest BCUT2D eigenvalue weighted by atomic mass is 79.9. The highest BCUT2D eigenvalue weighted by molar-refractivity contribution is 9.12. The number of hydrogen-bond donors (Lipinski definition) is 1. The highest BCUT2D eigenvalue weighted by Gasteiger charge is 2.29. The fourth-order valence-corrected chi connectivity index (χ4v) is 2.86.